The maximum atomic E-state index is 12.3. The van der Waals surface area contributed by atoms with Gasteiger partial charge in [0.2, 0.25) is 0 Å². The molecular weight excluding hydrogens is 364 g/mol. The molecule has 0 aliphatic rings. The minimum Gasteiger partial charge on any atom is -0.372 e. The molecule has 29 heavy (non-hydrogen) atoms. The summed E-state index contributed by atoms with van der Waals surface area (Å²) in [5.74, 6) is -0.184. The van der Waals surface area contributed by atoms with E-state index in [1.54, 1.807) is 12.1 Å². The summed E-state index contributed by atoms with van der Waals surface area (Å²) in [4.78, 5) is 26.7. The highest BCUT2D eigenvalue weighted by Crippen LogP contribution is 2.17. The third kappa shape index (κ3) is 6.61. The van der Waals surface area contributed by atoms with E-state index in [4.69, 9.17) is 0 Å². The molecule has 2 amide bonds. The van der Waals surface area contributed by atoms with Gasteiger partial charge in [0.1, 0.15) is 6.04 Å². The van der Waals surface area contributed by atoms with E-state index in [1.807, 2.05) is 35.6 Å². The Labute approximate surface area is 173 Å². The molecular formula is C23H33N4O2+. The molecule has 0 fully saturated rings. The molecule has 0 aliphatic carbocycles. The highest BCUT2D eigenvalue weighted by atomic mass is 16.2. The lowest BCUT2D eigenvalue weighted by Gasteiger charge is -2.21. The van der Waals surface area contributed by atoms with Crippen molar-refractivity contribution in [3.8, 4) is 0 Å². The molecule has 2 aromatic carbocycles. The van der Waals surface area contributed by atoms with E-state index in [0.29, 0.717) is 11.5 Å². The molecule has 0 bridgehead atoms. The summed E-state index contributed by atoms with van der Waals surface area (Å²) in [7, 11) is 0. The molecule has 6 heteroatoms. The van der Waals surface area contributed by atoms with Crippen molar-refractivity contribution in [1.29, 1.82) is 0 Å². The summed E-state index contributed by atoms with van der Waals surface area (Å²) in [5, 5.41) is 2.00. The zero-order chi connectivity index (χ0) is 21.2. The van der Waals surface area contributed by atoms with Crippen molar-refractivity contribution in [2.24, 2.45) is 5.92 Å². The first-order valence-corrected chi connectivity index (χ1v) is 10.3. The van der Waals surface area contributed by atoms with Gasteiger partial charge < -0.3 is 10.2 Å². The zero-order valence-electron chi connectivity index (χ0n) is 17.8. The van der Waals surface area contributed by atoms with E-state index in [1.165, 1.54) is 5.56 Å². The van der Waals surface area contributed by atoms with Crippen LogP contribution < -0.4 is 21.1 Å². The second-order valence-electron chi connectivity index (χ2n) is 7.34. The summed E-state index contributed by atoms with van der Waals surface area (Å²) in [5.41, 5.74) is 7.77. The second-order valence-corrected chi connectivity index (χ2v) is 7.34. The summed E-state index contributed by atoms with van der Waals surface area (Å²) in [6.07, 6.45) is 0. The fraction of sp³-hybridized carbons (Fsp3) is 0.391. The smallest absolute Gasteiger partial charge is 0.293 e. The number of anilines is 1. The van der Waals surface area contributed by atoms with Crippen LogP contribution in [0.2, 0.25) is 0 Å². The fourth-order valence-electron chi connectivity index (χ4n) is 3.36. The first-order chi connectivity index (χ1) is 14.0. The van der Waals surface area contributed by atoms with Crippen molar-refractivity contribution in [2.45, 2.75) is 33.7 Å². The lowest BCUT2D eigenvalue weighted by atomic mass is 9.96. The number of carbonyl (C=O) groups is 2. The van der Waals surface area contributed by atoms with Gasteiger partial charge in [-0.15, -0.1) is 0 Å². The molecule has 0 radical (unpaired) electrons. The molecule has 2 rings (SSSR count). The van der Waals surface area contributed by atoms with Gasteiger partial charge in [-0.3, -0.25) is 20.4 Å². The monoisotopic (exact) mass is 397 g/mol. The molecule has 0 spiro atoms. The molecule has 4 N–H and O–H groups in total. The minimum absolute atomic E-state index is 0.185. The molecule has 156 valence electrons. The van der Waals surface area contributed by atoms with Crippen LogP contribution in [-0.2, 0) is 4.79 Å². The van der Waals surface area contributed by atoms with E-state index < -0.39 is 0 Å². The van der Waals surface area contributed by atoms with E-state index in [9.17, 15) is 9.59 Å². The van der Waals surface area contributed by atoms with Gasteiger partial charge in [-0.1, -0.05) is 44.2 Å². The van der Waals surface area contributed by atoms with Crippen LogP contribution in [-0.4, -0.2) is 31.4 Å². The Morgan fingerprint density at radius 3 is 2.10 bits per heavy atom. The second kappa shape index (κ2) is 11.2. The van der Waals surface area contributed by atoms with Gasteiger partial charge in [-0.25, -0.2) is 0 Å². The SMILES string of the molecule is CCN(CC)c1ccc(C(=O)NNC(=O)C[NH2+][C@@H](c2ccccc2)C(C)C)cc1. The highest BCUT2D eigenvalue weighted by molar-refractivity contribution is 5.95. The first-order valence-electron chi connectivity index (χ1n) is 10.3. The van der Waals surface area contributed by atoms with Gasteiger partial charge in [0.25, 0.3) is 11.8 Å². The lowest BCUT2D eigenvalue weighted by molar-refractivity contribution is -0.692. The lowest BCUT2D eigenvalue weighted by Crippen LogP contribution is -2.88. The van der Waals surface area contributed by atoms with E-state index in [2.05, 4.69) is 55.6 Å². The minimum atomic E-state index is -0.326. The largest absolute Gasteiger partial charge is 0.372 e. The maximum absolute atomic E-state index is 12.3. The third-order valence-corrected chi connectivity index (χ3v) is 5.03. The number of hydrogen-bond acceptors (Lipinski definition) is 3. The van der Waals surface area contributed by atoms with Gasteiger partial charge in [-0.05, 0) is 38.1 Å². The number of nitrogens with one attached hydrogen (secondary N) is 2. The van der Waals surface area contributed by atoms with Crippen LogP contribution in [0.5, 0.6) is 0 Å². The van der Waals surface area contributed by atoms with Crippen molar-refractivity contribution in [3.05, 3.63) is 65.7 Å². The Hall–Kier alpha value is -2.86. The highest BCUT2D eigenvalue weighted by Gasteiger charge is 2.20. The number of quaternary nitrogens is 1. The number of nitrogens with two attached hydrogens (primary N) is 1. The number of hydrazine groups is 1. The van der Waals surface area contributed by atoms with Crippen LogP contribution in [0.25, 0.3) is 0 Å². The third-order valence-electron chi connectivity index (χ3n) is 5.03. The molecule has 0 unspecified atom stereocenters. The van der Waals surface area contributed by atoms with Crippen LogP contribution in [0.15, 0.2) is 54.6 Å². The number of nitrogens with zero attached hydrogens (tertiary/aromatic N) is 1. The van der Waals surface area contributed by atoms with Crippen molar-refractivity contribution < 1.29 is 14.9 Å². The Morgan fingerprint density at radius 1 is 0.931 bits per heavy atom. The molecule has 0 aromatic heterocycles. The van der Waals surface area contributed by atoms with Crippen LogP contribution in [0.4, 0.5) is 5.69 Å². The summed E-state index contributed by atoms with van der Waals surface area (Å²) in [6.45, 7) is 10.5. The van der Waals surface area contributed by atoms with E-state index >= 15 is 0 Å². The van der Waals surface area contributed by atoms with Gasteiger partial charge in [-0.2, -0.15) is 0 Å². The molecule has 1 atom stereocenters. The normalized spacial score (nSPS) is 11.8. The zero-order valence-corrected chi connectivity index (χ0v) is 17.8. The quantitative estimate of drug-likeness (QED) is 0.568. The molecule has 0 heterocycles. The number of hydrogen-bond donors (Lipinski definition) is 3. The van der Waals surface area contributed by atoms with Crippen LogP contribution in [0.1, 0.15) is 49.7 Å². The van der Waals surface area contributed by atoms with Crippen LogP contribution >= 0.6 is 0 Å². The number of carbonyl (C=O) groups excluding carboxylic acids is 2. The Kier molecular flexibility index (Phi) is 8.68. The molecule has 0 aliphatic heterocycles. The Morgan fingerprint density at radius 2 is 1.55 bits per heavy atom. The molecule has 2 aromatic rings. The van der Waals surface area contributed by atoms with E-state index in [-0.39, 0.29) is 24.4 Å². The predicted molar refractivity (Wildman–Crippen MR) is 116 cm³/mol. The molecule has 6 nitrogen and oxygen atoms in total. The summed E-state index contributed by atoms with van der Waals surface area (Å²) < 4.78 is 0. The standard InChI is InChI=1S/C23H32N4O2/c1-5-27(6-2)20-14-12-19(13-15-20)23(29)26-25-21(28)16-24-22(17(3)4)18-10-8-7-9-11-18/h7-15,17,22,24H,5-6,16H2,1-4H3,(H,25,28)(H,26,29)/p+1/t22-/m1/s1. The van der Waals surface area contributed by atoms with E-state index in [0.717, 1.165) is 18.8 Å². The Balaban J connectivity index is 1.84. The summed E-state index contributed by atoms with van der Waals surface area (Å²) >= 11 is 0. The number of benzene rings is 2. The average molecular weight is 398 g/mol. The molecule has 0 saturated carbocycles. The van der Waals surface area contributed by atoms with Crippen LogP contribution in [0, 0.1) is 5.92 Å². The van der Waals surface area contributed by atoms with Gasteiger partial charge in [0, 0.05) is 35.8 Å². The molecule has 0 saturated heterocycles. The topological polar surface area (TPSA) is 78.1 Å². The number of rotatable bonds is 9. The summed E-state index contributed by atoms with van der Waals surface area (Å²) in [6, 6.07) is 17.7. The van der Waals surface area contributed by atoms with Crippen molar-refractivity contribution in [1.82, 2.24) is 10.9 Å². The van der Waals surface area contributed by atoms with Gasteiger partial charge in [0.15, 0.2) is 6.54 Å². The fourth-order valence-corrected chi connectivity index (χ4v) is 3.36. The van der Waals surface area contributed by atoms with Gasteiger partial charge >= 0.3 is 0 Å². The average Bonchev–Trinajstić information content (AvgIpc) is 2.74. The van der Waals surface area contributed by atoms with Crippen molar-refractivity contribution in [2.75, 3.05) is 24.5 Å². The van der Waals surface area contributed by atoms with Crippen molar-refractivity contribution in [3.63, 3.8) is 0 Å². The first kappa shape index (κ1) is 22.4. The predicted octanol–water partition coefficient (Wildman–Crippen LogP) is 2.25. The Bertz CT molecular complexity index is 771. The van der Waals surface area contributed by atoms with Gasteiger partial charge in [0.05, 0.1) is 0 Å². The van der Waals surface area contributed by atoms with Crippen LogP contribution in [0.3, 0.4) is 0 Å². The number of amides is 2. The van der Waals surface area contributed by atoms with Crippen molar-refractivity contribution >= 4 is 17.5 Å². The maximum Gasteiger partial charge on any atom is 0.293 e.